The van der Waals surface area contributed by atoms with E-state index in [1.54, 1.807) is 11.3 Å². The van der Waals surface area contributed by atoms with Crippen LogP contribution < -0.4 is 11.1 Å². The maximum absolute atomic E-state index is 5.59. The van der Waals surface area contributed by atoms with E-state index >= 15 is 0 Å². The Balaban J connectivity index is 2.32. The zero-order valence-corrected chi connectivity index (χ0v) is 10.4. The van der Waals surface area contributed by atoms with Gasteiger partial charge in [-0.2, -0.15) is 0 Å². The van der Waals surface area contributed by atoms with Gasteiger partial charge in [0.15, 0.2) is 5.13 Å². The first-order chi connectivity index (χ1) is 7.26. The van der Waals surface area contributed by atoms with Gasteiger partial charge in [0.1, 0.15) is 0 Å². The monoisotopic (exact) mass is 227 g/mol. The Morgan fingerprint density at radius 2 is 2.33 bits per heavy atom. The number of nitrogens with two attached hydrogens (primary N) is 1. The minimum Gasteiger partial charge on any atom is -0.361 e. The molecule has 0 saturated carbocycles. The van der Waals surface area contributed by atoms with E-state index in [1.165, 1.54) is 12.8 Å². The first-order valence-electron chi connectivity index (χ1n) is 5.62. The lowest BCUT2D eigenvalue weighted by Gasteiger charge is -2.15. The van der Waals surface area contributed by atoms with E-state index in [-0.39, 0.29) is 0 Å². The van der Waals surface area contributed by atoms with E-state index in [0.29, 0.717) is 5.92 Å². The molecule has 0 amide bonds. The molecule has 0 bridgehead atoms. The van der Waals surface area contributed by atoms with E-state index in [0.717, 1.165) is 30.3 Å². The Labute approximate surface area is 96.1 Å². The summed E-state index contributed by atoms with van der Waals surface area (Å²) >= 11 is 1.67. The second-order valence-electron chi connectivity index (χ2n) is 3.91. The fourth-order valence-electron chi connectivity index (χ4n) is 1.66. The standard InChI is InChI=1S/C11H21N3S/c1-3-4-10(5-6-12)7-13-11-14-9(2)8-15-11/h8,10H,3-7,12H2,1-2H3,(H,13,14). The summed E-state index contributed by atoms with van der Waals surface area (Å²) in [5.74, 6) is 0.684. The molecule has 0 spiro atoms. The van der Waals surface area contributed by atoms with E-state index in [1.807, 2.05) is 6.92 Å². The van der Waals surface area contributed by atoms with Gasteiger partial charge in [0.25, 0.3) is 0 Å². The summed E-state index contributed by atoms with van der Waals surface area (Å²) in [4.78, 5) is 4.38. The average Bonchev–Trinajstić information content (AvgIpc) is 2.61. The number of nitrogens with zero attached hydrogens (tertiary/aromatic N) is 1. The van der Waals surface area contributed by atoms with Crippen LogP contribution in [0.25, 0.3) is 0 Å². The predicted octanol–water partition coefficient (Wildman–Crippen LogP) is 2.63. The van der Waals surface area contributed by atoms with Crippen LogP contribution in [0.1, 0.15) is 31.9 Å². The third kappa shape index (κ3) is 4.62. The fourth-order valence-corrected chi connectivity index (χ4v) is 2.36. The van der Waals surface area contributed by atoms with Gasteiger partial charge in [0.05, 0.1) is 5.69 Å². The molecule has 0 fully saturated rings. The van der Waals surface area contributed by atoms with Gasteiger partial charge in [-0.05, 0) is 32.2 Å². The lowest BCUT2D eigenvalue weighted by Crippen LogP contribution is -2.17. The molecule has 3 N–H and O–H groups in total. The van der Waals surface area contributed by atoms with Gasteiger partial charge < -0.3 is 11.1 Å². The quantitative estimate of drug-likeness (QED) is 0.753. The van der Waals surface area contributed by atoms with Gasteiger partial charge in [-0.3, -0.25) is 0 Å². The minimum absolute atomic E-state index is 0.684. The van der Waals surface area contributed by atoms with Crippen LogP contribution in [0, 0.1) is 12.8 Å². The van der Waals surface area contributed by atoms with Crippen molar-refractivity contribution in [3.05, 3.63) is 11.1 Å². The maximum Gasteiger partial charge on any atom is 0.182 e. The highest BCUT2D eigenvalue weighted by Gasteiger charge is 2.07. The molecule has 1 aromatic heterocycles. The Hall–Kier alpha value is -0.610. The summed E-state index contributed by atoms with van der Waals surface area (Å²) in [6, 6.07) is 0. The molecule has 15 heavy (non-hydrogen) atoms. The van der Waals surface area contributed by atoms with E-state index in [4.69, 9.17) is 5.73 Å². The number of hydrogen-bond acceptors (Lipinski definition) is 4. The topological polar surface area (TPSA) is 50.9 Å². The first-order valence-corrected chi connectivity index (χ1v) is 6.50. The second-order valence-corrected chi connectivity index (χ2v) is 4.77. The molecular weight excluding hydrogens is 206 g/mol. The van der Waals surface area contributed by atoms with Gasteiger partial charge in [-0.25, -0.2) is 4.98 Å². The molecule has 0 saturated heterocycles. The number of thiazole rings is 1. The summed E-state index contributed by atoms with van der Waals surface area (Å²) in [5, 5.41) is 6.49. The van der Waals surface area contributed by atoms with Gasteiger partial charge >= 0.3 is 0 Å². The van der Waals surface area contributed by atoms with Gasteiger partial charge in [0.2, 0.25) is 0 Å². The lowest BCUT2D eigenvalue weighted by atomic mass is 10.00. The maximum atomic E-state index is 5.59. The van der Waals surface area contributed by atoms with E-state index < -0.39 is 0 Å². The highest BCUT2D eigenvalue weighted by atomic mass is 32.1. The SMILES string of the molecule is CCCC(CCN)CNc1nc(C)cs1. The van der Waals surface area contributed by atoms with E-state index in [2.05, 4.69) is 22.6 Å². The third-order valence-electron chi connectivity index (χ3n) is 2.43. The van der Waals surface area contributed by atoms with Crippen molar-refractivity contribution in [1.82, 2.24) is 4.98 Å². The molecule has 1 heterocycles. The minimum atomic E-state index is 0.684. The molecule has 0 aliphatic carbocycles. The normalized spacial score (nSPS) is 12.7. The van der Waals surface area contributed by atoms with Crippen molar-refractivity contribution in [2.75, 3.05) is 18.4 Å². The van der Waals surface area contributed by atoms with Crippen molar-refractivity contribution < 1.29 is 0 Å². The largest absolute Gasteiger partial charge is 0.361 e. The summed E-state index contributed by atoms with van der Waals surface area (Å²) < 4.78 is 0. The zero-order chi connectivity index (χ0) is 11.1. The van der Waals surface area contributed by atoms with Crippen LogP contribution in [0.2, 0.25) is 0 Å². The smallest absolute Gasteiger partial charge is 0.182 e. The van der Waals surface area contributed by atoms with Gasteiger partial charge in [0, 0.05) is 11.9 Å². The molecular formula is C11H21N3S. The molecule has 86 valence electrons. The predicted molar refractivity (Wildman–Crippen MR) is 67.4 cm³/mol. The number of rotatable bonds is 7. The van der Waals surface area contributed by atoms with Crippen molar-refractivity contribution >= 4 is 16.5 Å². The fraction of sp³-hybridized carbons (Fsp3) is 0.727. The molecule has 3 nitrogen and oxygen atoms in total. The van der Waals surface area contributed by atoms with Crippen molar-refractivity contribution in [3.8, 4) is 0 Å². The molecule has 1 atom stereocenters. The third-order valence-corrected chi connectivity index (χ3v) is 3.35. The van der Waals surface area contributed by atoms with Gasteiger partial charge in [-0.1, -0.05) is 13.3 Å². The van der Waals surface area contributed by atoms with Crippen LogP contribution >= 0.6 is 11.3 Å². The highest BCUT2D eigenvalue weighted by Crippen LogP contribution is 2.17. The van der Waals surface area contributed by atoms with Crippen LogP contribution in [0.4, 0.5) is 5.13 Å². The van der Waals surface area contributed by atoms with Crippen LogP contribution in [0.5, 0.6) is 0 Å². The summed E-state index contributed by atoms with van der Waals surface area (Å²) in [6.45, 7) is 6.02. The van der Waals surface area contributed by atoms with Crippen molar-refractivity contribution in [2.24, 2.45) is 11.7 Å². The Morgan fingerprint density at radius 1 is 1.53 bits per heavy atom. The summed E-state index contributed by atoms with van der Waals surface area (Å²) in [6.07, 6.45) is 3.57. The van der Waals surface area contributed by atoms with Crippen molar-refractivity contribution in [3.63, 3.8) is 0 Å². The second kappa shape index (κ2) is 6.80. The highest BCUT2D eigenvalue weighted by molar-refractivity contribution is 7.13. The molecule has 1 aromatic rings. The zero-order valence-electron chi connectivity index (χ0n) is 9.62. The first kappa shape index (κ1) is 12.5. The van der Waals surface area contributed by atoms with Gasteiger partial charge in [-0.15, -0.1) is 11.3 Å². The molecule has 0 aliphatic rings. The Bertz CT molecular complexity index is 267. The molecule has 1 rings (SSSR count). The number of hydrogen-bond donors (Lipinski definition) is 2. The molecule has 0 radical (unpaired) electrons. The van der Waals surface area contributed by atoms with Crippen LogP contribution in [-0.4, -0.2) is 18.1 Å². The van der Waals surface area contributed by atoms with Crippen molar-refractivity contribution in [1.29, 1.82) is 0 Å². The molecule has 1 unspecified atom stereocenters. The average molecular weight is 227 g/mol. The summed E-state index contributed by atoms with van der Waals surface area (Å²) in [7, 11) is 0. The number of nitrogens with one attached hydrogen (secondary N) is 1. The summed E-state index contributed by atoms with van der Waals surface area (Å²) in [5.41, 5.74) is 6.68. The lowest BCUT2D eigenvalue weighted by molar-refractivity contribution is 0.473. The van der Waals surface area contributed by atoms with Crippen molar-refractivity contribution in [2.45, 2.75) is 33.1 Å². The number of anilines is 1. The van der Waals surface area contributed by atoms with E-state index in [9.17, 15) is 0 Å². The van der Waals surface area contributed by atoms with Crippen LogP contribution in [-0.2, 0) is 0 Å². The molecule has 0 aliphatic heterocycles. The molecule has 4 heteroatoms. The van der Waals surface area contributed by atoms with Crippen LogP contribution in [0.3, 0.4) is 0 Å². The Morgan fingerprint density at radius 3 is 2.87 bits per heavy atom. The Kier molecular flexibility index (Phi) is 5.65. The molecule has 0 aromatic carbocycles. The number of aromatic nitrogens is 1. The number of aryl methyl sites for hydroxylation is 1. The van der Waals surface area contributed by atoms with Crippen LogP contribution in [0.15, 0.2) is 5.38 Å².